The molecule has 1 aliphatic heterocycles. The van der Waals surface area contributed by atoms with E-state index in [2.05, 4.69) is 18.2 Å². The Bertz CT molecular complexity index is 1070. The Morgan fingerprint density at radius 2 is 1.79 bits per heavy atom. The van der Waals surface area contributed by atoms with Gasteiger partial charge in [0.15, 0.2) is 0 Å². The fraction of sp³-hybridized carbons (Fsp3) is 0.217. The molecule has 1 amide bonds. The molecule has 0 saturated carbocycles. The van der Waals surface area contributed by atoms with Crippen molar-refractivity contribution in [3.63, 3.8) is 0 Å². The highest BCUT2D eigenvalue weighted by Crippen LogP contribution is 2.33. The first-order valence-corrected chi connectivity index (χ1v) is 10.5. The summed E-state index contributed by atoms with van der Waals surface area (Å²) in [5.41, 5.74) is 2.87. The van der Waals surface area contributed by atoms with Gasteiger partial charge < -0.3 is 9.47 Å². The third-order valence-electron chi connectivity index (χ3n) is 5.39. The van der Waals surface area contributed by atoms with E-state index >= 15 is 0 Å². The van der Waals surface area contributed by atoms with Crippen molar-refractivity contribution < 1.29 is 4.79 Å². The van der Waals surface area contributed by atoms with Crippen molar-refractivity contribution in [2.24, 2.45) is 0 Å². The number of hydrogen-bond acceptors (Lipinski definition) is 3. The Morgan fingerprint density at radius 1 is 1.00 bits per heavy atom. The van der Waals surface area contributed by atoms with E-state index in [1.165, 1.54) is 4.70 Å². The average molecular weight is 388 g/mol. The molecule has 0 bridgehead atoms. The molecule has 0 aliphatic carbocycles. The molecule has 3 heterocycles. The first-order chi connectivity index (χ1) is 13.8. The van der Waals surface area contributed by atoms with Gasteiger partial charge in [-0.2, -0.15) is 0 Å². The van der Waals surface area contributed by atoms with Crippen LogP contribution in [0.2, 0.25) is 0 Å². The van der Waals surface area contributed by atoms with E-state index in [1.807, 2.05) is 64.3 Å². The minimum atomic E-state index is 0.116. The maximum Gasteiger partial charge on any atom is 0.253 e. The Morgan fingerprint density at radius 3 is 2.57 bits per heavy atom. The van der Waals surface area contributed by atoms with E-state index < -0.39 is 0 Å². The maximum absolute atomic E-state index is 13.0. The van der Waals surface area contributed by atoms with E-state index in [0.717, 1.165) is 47.7 Å². The summed E-state index contributed by atoms with van der Waals surface area (Å²) in [5, 5.41) is 1.15. The van der Waals surface area contributed by atoms with Crippen LogP contribution in [0.15, 0.2) is 73.1 Å². The lowest BCUT2D eigenvalue weighted by atomic mass is 9.98. The summed E-state index contributed by atoms with van der Waals surface area (Å²) >= 11 is 1.76. The molecule has 0 N–H and O–H groups in total. The topological polar surface area (TPSA) is 38.1 Å². The van der Waals surface area contributed by atoms with Gasteiger partial charge in [0.05, 0.1) is 15.2 Å². The normalized spacial score (nSPS) is 17.1. The Balaban J connectivity index is 1.33. The third kappa shape index (κ3) is 3.22. The number of thiazole rings is 1. The van der Waals surface area contributed by atoms with Crippen LogP contribution in [0.25, 0.3) is 15.9 Å². The van der Waals surface area contributed by atoms with Gasteiger partial charge in [-0.3, -0.25) is 4.79 Å². The zero-order valence-corrected chi connectivity index (χ0v) is 16.3. The molecular weight excluding hydrogens is 366 g/mol. The summed E-state index contributed by atoms with van der Waals surface area (Å²) in [6.45, 7) is 1.57. The molecule has 0 spiro atoms. The lowest BCUT2D eigenvalue weighted by Gasteiger charge is -2.32. The van der Waals surface area contributed by atoms with Gasteiger partial charge in [-0.15, -0.1) is 11.3 Å². The van der Waals surface area contributed by atoms with E-state index in [1.54, 1.807) is 11.3 Å². The smallest absolute Gasteiger partial charge is 0.253 e. The zero-order valence-electron chi connectivity index (χ0n) is 15.5. The van der Waals surface area contributed by atoms with Gasteiger partial charge >= 0.3 is 0 Å². The largest absolute Gasteiger partial charge is 0.338 e. The number of para-hydroxylation sites is 1. The lowest BCUT2D eigenvalue weighted by Crippen LogP contribution is -2.39. The lowest BCUT2D eigenvalue weighted by molar-refractivity contribution is 0.0707. The van der Waals surface area contributed by atoms with E-state index in [0.29, 0.717) is 5.92 Å². The molecule has 4 aromatic rings. The molecule has 0 radical (unpaired) electrons. The highest BCUT2D eigenvalue weighted by molar-refractivity contribution is 7.18. The van der Waals surface area contributed by atoms with Gasteiger partial charge in [-0.25, -0.2) is 4.98 Å². The number of nitrogens with zero attached hydrogens (tertiary/aromatic N) is 3. The molecule has 1 atom stereocenters. The highest BCUT2D eigenvalue weighted by atomic mass is 32.1. The van der Waals surface area contributed by atoms with Crippen molar-refractivity contribution in [3.8, 4) is 5.69 Å². The number of aromatic nitrogens is 2. The standard InChI is InChI=1S/C23H21N3OS/c27-23(17-9-11-19(12-10-17)25-13-3-4-14-25)26-15-5-6-18(16-26)22-24-20-7-1-2-8-21(20)28-22/h1-4,7-14,18H,5-6,15-16H2. The summed E-state index contributed by atoms with van der Waals surface area (Å²) in [7, 11) is 0. The Hall–Kier alpha value is -2.92. The van der Waals surface area contributed by atoms with Crippen LogP contribution in [0.5, 0.6) is 0 Å². The van der Waals surface area contributed by atoms with Gasteiger partial charge in [-0.05, 0) is 61.4 Å². The molecule has 5 rings (SSSR count). The van der Waals surface area contributed by atoms with Crippen molar-refractivity contribution in [2.75, 3.05) is 13.1 Å². The van der Waals surface area contributed by atoms with Crippen LogP contribution in [0, 0.1) is 0 Å². The fourth-order valence-corrected chi connectivity index (χ4v) is 4.99. The molecule has 2 aromatic heterocycles. The fourth-order valence-electron chi connectivity index (χ4n) is 3.89. The number of amides is 1. The van der Waals surface area contributed by atoms with Crippen LogP contribution < -0.4 is 0 Å². The predicted octanol–water partition coefficient (Wildman–Crippen LogP) is 5.11. The Kier molecular flexibility index (Phi) is 4.45. The third-order valence-corrected chi connectivity index (χ3v) is 6.58. The number of carbonyl (C=O) groups excluding carboxylic acids is 1. The van der Waals surface area contributed by atoms with Crippen LogP contribution in [-0.4, -0.2) is 33.4 Å². The molecular formula is C23H21N3OS. The van der Waals surface area contributed by atoms with Crippen LogP contribution in [0.4, 0.5) is 0 Å². The SMILES string of the molecule is O=C(c1ccc(-n2cccc2)cc1)N1CCCC(c2nc3ccccc3s2)C1. The van der Waals surface area contributed by atoms with Gasteiger partial charge in [-0.1, -0.05) is 12.1 Å². The van der Waals surface area contributed by atoms with Gasteiger partial charge in [0.25, 0.3) is 5.91 Å². The minimum absolute atomic E-state index is 0.116. The van der Waals surface area contributed by atoms with Crippen molar-refractivity contribution in [1.82, 2.24) is 14.5 Å². The molecule has 1 unspecified atom stereocenters. The molecule has 1 aliphatic rings. The predicted molar refractivity (Wildman–Crippen MR) is 113 cm³/mol. The van der Waals surface area contributed by atoms with Crippen LogP contribution in [0.1, 0.15) is 34.1 Å². The number of piperidine rings is 1. The van der Waals surface area contributed by atoms with E-state index in [4.69, 9.17) is 4.98 Å². The monoisotopic (exact) mass is 387 g/mol. The Labute approximate surface area is 168 Å². The summed E-state index contributed by atoms with van der Waals surface area (Å²) in [5.74, 6) is 0.444. The molecule has 28 heavy (non-hydrogen) atoms. The molecule has 5 heteroatoms. The minimum Gasteiger partial charge on any atom is -0.338 e. The number of fused-ring (bicyclic) bond motifs is 1. The molecule has 140 valence electrons. The van der Waals surface area contributed by atoms with E-state index in [-0.39, 0.29) is 5.91 Å². The molecule has 1 saturated heterocycles. The second-order valence-electron chi connectivity index (χ2n) is 7.25. The second-order valence-corrected chi connectivity index (χ2v) is 8.31. The van der Waals surface area contributed by atoms with Gasteiger partial charge in [0, 0.05) is 42.7 Å². The van der Waals surface area contributed by atoms with Crippen LogP contribution in [-0.2, 0) is 0 Å². The summed E-state index contributed by atoms with van der Waals surface area (Å²) in [6, 6.07) is 20.1. The quantitative estimate of drug-likeness (QED) is 0.490. The average Bonchev–Trinajstić information content (AvgIpc) is 3.43. The second kappa shape index (κ2) is 7.24. The number of benzene rings is 2. The molecule has 1 fully saturated rings. The number of hydrogen-bond donors (Lipinski definition) is 0. The number of likely N-dealkylation sites (tertiary alicyclic amines) is 1. The number of carbonyl (C=O) groups is 1. The van der Waals surface area contributed by atoms with Gasteiger partial charge in [0.2, 0.25) is 0 Å². The summed E-state index contributed by atoms with van der Waals surface area (Å²) in [6.07, 6.45) is 6.12. The molecule has 2 aromatic carbocycles. The van der Waals surface area contributed by atoms with E-state index in [9.17, 15) is 4.79 Å². The van der Waals surface area contributed by atoms with Crippen LogP contribution in [0.3, 0.4) is 0 Å². The van der Waals surface area contributed by atoms with Crippen molar-refractivity contribution in [1.29, 1.82) is 0 Å². The number of rotatable bonds is 3. The van der Waals surface area contributed by atoms with Crippen molar-refractivity contribution in [3.05, 3.63) is 83.6 Å². The highest BCUT2D eigenvalue weighted by Gasteiger charge is 2.27. The molecule has 4 nitrogen and oxygen atoms in total. The summed E-state index contributed by atoms with van der Waals surface area (Å²) in [4.78, 5) is 19.9. The first kappa shape index (κ1) is 17.2. The van der Waals surface area contributed by atoms with Crippen molar-refractivity contribution >= 4 is 27.5 Å². The first-order valence-electron chi connectivity index (χ1n) is 9.66. The van der Waals surface area contributed by atoms with Crippen molar-refractivity contribution in [2.45, 2.75) is 18.8 Å². The maximum atomic E-state index is 13.0. The summed E-state index contributed by atoms with van der Waals surface area (Å²) < 4.78 is 3.26. The van der Waals surface area contributed by atoms with Crippen LogP contribution >= 0.6 is 11.3 Å². The zero-order chi connectivity index (χ0) is 18.9. The van der Waals surface area contributed by atoms with Gasteiger partial charge in [0.1, 0.15) is 0 Å².